The lowest BCUT2D eigenvalue weighted by Crippen LogP contribution is -2.13. The molecule has 0 aliphatic carbocycles. The van der Waals surface area contributed by atoms with E-state index >= 15 is 0 Å². The number of carbonyl (C=O) groups is 3. The molecule has 0 saturated carbocycles. The van der Waals surface area contributed by atoms with Gasteiger partial charge in [-0.3, -0.25) is 4.79 Å². The van der Waals surface area contributed by atoms with Crippen LogP contribution in [0.5, 0.6) is 5.75 Å². The summed E-state index contributed by atoms with van der Waals surface area (Å²) in [5.74, 6) is -1.31. The second-order valence-electron chi connectivity index (χ2n) is 3.76. The molecule has 0 bridgehead atoms. The summed E-state index contributed by atoms with van der Waals surface area (Å²) < 4.78 is 9.86. The van der Waals surface area contributed by atoms with E-state index in [0.717, 1.165) is 0 Å². The molecule has 0 amide bonds. The number of benzene rings is 1. The lowest BCUT2D eigenvalue weighted by atomic mass is 10.1. The Kier molecular flexibility index (Phi) is 5.00. The largest absolute Gasteiger partial charge is 0.462 e. The zero-order valence-corrected chi connectivity index (χ0v) is 10.8. The summed E-state index contributed by atoms with van der Waals surface area (Å²) in [5.41, 5.74) is 0.561. The van der Waals surface area contributed by atoms with E-state index in [4.69, 9.17) is 9.47 Å². The molecule has 5 heteroatoms. The summed E-state index contributed by atoms with van der Waals surface area (Å²) in [7, 11) is 0. The van der Waals surface area contributed by atoms with Crippen LogP contribution in [0.3, 0.4) is 0 Å². The average Bonchev–Trinajstić information content (AvgIpc) is 2.38. The normalized spacial score (nSPS) is 9.58. The molecule has 0 spiro atoms. The van der Waals surface area contributed by atoms with Gasteiger partial charge in [0.15, 0.2) is 0 Å². The van der Waals surface area contributed by atoms with Gasteiger partial charge in [-0.2, -0.15) is 0 Å². The van der Waals surface area contributed by atoms with Crippen molar-refractivity contribution in [3.8, 4) is 5.75 Å². The monoisotopic (exact) mass is 262 g/mol. The number of hydrogen-bond acceptors (Lipinski definition) is 5. The number of rotatable bonds is 5. The summed E-state index contributed by atoms with van der Waals surface area (Å²) in [6.45, 7) is 6.79. The van der Waals surface area contributed by atoms with Gasteiger partial charge in [-0.15, -0.1) is 0 Å². The topological polar surface area (TPSA) is 69.7 Å². The van der Waals surface area contributed by atoms with Crippen molar-refractivity contribution in [3.05, 3.63) is 41.5 Å². The highest BCUT2D eigenvalue weighted by molar-refractivity contribution is 5.96. The van der Waals surface area contributed by atoms with Crippen LogP contribution in [0.4, 0.5) is 0 Å². The third kappa shape index (κ3) is 3.77. The van der Waals surface area contributed by atoms with Crippen molar-refractivity contribution < 1.29 is 23.9 Å². The Balaban J connectivity index is 3.16. The highest BCUT2D eigenvalue weighted by Gasteiger charge is 2.17. The number of ether oxygens (including phenoxy) is 2. The standard InChI is InChI=1S/C14H14O5/c1-4-18-14(17)11-6-5-10(8-15)7-12(11)19-13(16)9(2)3/h5-8H,2,4H2,1,3H3. The van der Waals surface area contributed by atoms with Crippen LogP contribution in [0.1, 0.15) is 34.6 Å². The van der Waals surface area contributed by atoms with Gasteiger partial charge in [0.1, 0.15) is 17.6 Å². The SMILES string of the molecule is C=C(C)C(=O)Oc1cc(C=O)ccc1C(=O)OCC. The Bertz CT molecular complexity index is 531. The molecule has 0 atom stereocenters. The predicted octanol–water partition coefficient (Wildman–Crippen LogP) is 2.16. The fourth-order valence-electron chi connectivity index (χ4n) is 1.26. The summed E-state index contributed by atoms with van der Waals surface area (Å²) in [6, 6.07) is 4.13. The molecule has 100 valence electrons. The van der Waals surface area contributed by atoms with Crippen LogP contribution in [0.2, 0.25) is 0 Å². The van der Waals surface area contributed by atoms with Gasteiger partial charge >= 0.3 is 11.9 Å². The first-order valence-electron chi connectivity index (χ1n) is 5.63. The fraction of sp³-hybridized carbons (Fsp3) is 0.214. The minimum Gasteiger partial charge on any atom is -0.462 e. The molecule has 1 rings (SSSR count). The van der Waals surface area contributed by atoms with E-state index in [1.807, 2.05) is 0 Å². The van der Waals surface area contributed by atoms with Crippen molar-refractivity contribution in [1.82, 2.24) is 0 Å². The van der Waals surface area contributed by atoms with E-state index in [-0.39, 0.29) is 29.1 Å². The van der Waals surface area contributed by atoms with Gasteiger partial charge < -0.3 is 9.47 Å². The molecule has 0 unspecified atom stereocenters. The van der Waals surface area contributed by atoms with Gasteiger partial charge in [-0.25, -0.2) is 9.59 Å². The molecule has 5 nitrogen and oxygen atoms in total. The summed E-state index contributed by atoms with van der Waals surface area (Å²) in [5, 5.41) is 0. The minimum atomic E-state index is -0.673. The molecule has 1 aromatic carbocycles. The molecule has 0 saturated heterocycles. The molecule has 0 aliphatic rings. The molecular weight excluding hydrogens is 248 g/mol. The lowest BCUT2D eigenvalue weighted by molar-refractivity contribution is -0.130. The molecular formula is C14H14O5. The maximum Gasteiger partial charge on any atom is 0.341 e. The van der Waals surface area contributed by atoms with E-state index in [0.29, 0.717) is 6.29 Å². The van der Waals surface area contributed by atoms with Gasteiger partial charge in [0.2, 0.25) is 0 Å². The predicted molar refractivity (Wildman–Crippen MR) is 68.2 cm³/mol. The Morgan fingerprint density at radius 3 is 2.58 bits per heavy atom. The number of hydrogen-bond donors (Lipinski definition) is 0. The van der Waals surface area contributed by atoms with E-state index < -0.39 is 11.9 Å². The van der Waals surface area contributed by atoms with Crippen LogP contribution in [-0.2, 0) is 9.53 Å². The number of aldehydes is 1. The van der Waals surface area contributed by atoms with Crippen molar-refractivity contribution in [2.24, 2.45) is 0 Å². The van der Waals surface area contributed by atoms with Crippen molar-refractivity contribution in [2.45, 2.75) is 13.8 Å². The number of carbonyl (C=O) groups excluding carboxylic acids is 3. The van der Waals surface area contributed by atoms with Crippen LogP contribution in [-0.4, -0.2) is 24.8 Å². The summed E-state index contributed by atoms with van der Waals surface area (Å²) in [6.07, 6.45) is 0.590. The van der Waals surface area contributed by atoms with Crippen LogP contribution in [0.15, 0.2) is 30.4 Å². The van der Waals surface area contributed by atoms with Crippen LogP contribution >= 0.6 is 0 Å². The molecule has 0 fully saturated rings. The molecule has 0 N–H and O–H groups in total. The highest BCUT2D eigenvalue weighted by atomic mass is 16.5. The van der Waals surface area contributed by atoms with E-state index in [9.17, 15) is 14.4 Å². The molecule has 0 aliphatic heterocycles. The van der Waals surface area contributed by atoms with Crippen molar-refractivity contribution in [2.75, 3.05) is 6.61 Å². The van der Waals surface area contributed by atoms with Crippen molar-refractivity contribution in [3.63, 3.8) is 0 Å². The lowest BCUT2D eigenvalue weighted by Gasteiger charge is -2.09. The minimum absolute atomic E-state index is 0.0175. The molecule has 0 radical (unpaired) electrons. The smallest absolute Gasteiger partial charge is 0.341 e. The molecule has 1 aromatic rings. The number of esters is 2. The van der Waals surface area contributed by atoms with E-state index in [2.05, 4.69) is 6.58 Å². The zero-order valence-electron chi connectivity index (χ0n) is 10.8. The van der Waals surface area contributed by atoms with Gasteiger partial charge in [-0.05, 0) is 26.0 Å². The second-order valence-corrected chi connectivity index (χ2v) is 3.76. The Morgan fingerprint density at radius 2 is 2.05 bits per heavy atom. The van der Waals surface area contributed by atoms with Gasteiger partial charge in [0, 0.05) is 11.1 Å². The first-order chi connectivity index (χ1) is 8.99. The van der Waals surface area contributed by atoms with Crippen molar-refractivity contribution in [1.29, 1.82) is 0 Å². The van der Waals surface area contributed by atoms with Gasteiger partial charge in [-0.1, -0.05) is 12.6 Å². The average molecular weight is 262 g/mol. The molecule has 0 aromatic heterocycles. The van der Waals surface area contributed by atoms with E-state index in [1.54, 1.807) is 6.92 Å². The summed E-state index contributed by atoms with van der Waals surface area (Å²) >= 11 is 0. The zero-order chi connectivity index (χ0) is 14.4. The van der Waals surface area contributed by atoms with Crippen LogP contribution < -0.4 is 4.74 Å². The Morgan fingerprint density at radius 1 is 1.37 bits per heavy atom. The van der Waals surface area contributed by atoms with E-state index in [1.165, 1.54) is 25.1 Å². The quantitative estimate of drug-likeness (QED) is 0.352. The van der Waals surface area contributed by atoms with Crippen LogP contribution in [0.25, 0.3) is 0 Å². The third-order valence-corrected chi connectivity index (χ3v) is 2.19. The molecule has 19 heavy (non-hydrogen) atoms. The second kappa shape index (κ2) is 6.49. The first kappa shape index (κ1) is 14.6. The Hall–Kier alpha value is -2.43. The fourth-order valence-corrected chi connectivity index (χ4v) is 1.26. The summed E-state index contributed by atoms with van der Waals surface area (Å²) in [4.78, 5) is 33.9. The van der Waals surface area contributed by atoms with Gasteiger partial charge in [0.25, 0.3) is 0 Å². The molecule has 0 heterocycles. The first-order valence-corrected chi connectivity index (χ1v) is 5.63. The maximum atomic E-state index is 11.7. The Labute approximate surface area is 110 Å². The maximum absolute atomic E-state index is 11.7. The third-order valence-electron chi connectivity index (χ3n) is 2.19. The van der Waals surface area contributed by atoms with Gasteiger partial charge in [0.05, 0.1) is 6.61 Å². The van der Waals surface area contributed by atoms with Crippen LogP contribution in [0, 0.1) is 0 Å². The highest BCUT2D eigenvalue weighted by Crippen LogP contribution is 2.22. The van der Waals surface area contributed by atoms with Crippen molar-refractivity contribution >= 4 is 18.2 Å².